The summed E-state index contributed by atoms with van der Waals surface area (Å²) >= 11 is 0. The zero-order chi connectivity index (χ0) is 14.5. The fourth-order valence-electron chi connectivity index (χ4n) is 1.68. The fraction of sp³-hybridized carbons (Fsp3) is 0.231. The van der Waals surface area contributed by atoms with Crippen molar-refractivity contribution < 1.29 is 14.7 Å². The van der Waals surface area contributed by atoms with E-state index in [1.807, 2.05) is 6.92 Å². The van der Waals surface area contributed by atoms with Crippen molar-refractivity contribution in [2.24, 2.45) is 0 Å². The Bertz CT molecular complexity index is 609. The van der Waals surface area contributed by atoms with Gasteiger partial charge in [-0.05, 0) is 5.56 Å². The molecule has 0 aliphatic heterocycles. The van der Waals surface area contributed by atoms with Crippen LogP contribution in [0.5, 0.6) is 0 Å². The van der Waals surface area contributed by atoms with E-state index in [0.29, 0.717) is 17.8 Å². The fourth-order valence-corrected chi connectivity index (χ4v) is 1.68. The molecule has 0 radical (unpaired) electrons. The van der Waals surface area contributed by atoms with Crippen LogP contribution < -0.4 is 5.32 Å². The number of aromatic amines is 1. The number of carboxylic acids is 1. The van der Waals surface area contributed by atoms with Crippen LogP contribution in [0, 0.1) is 0 Å². The molecule has 0 aliphatic carbocycles. The predicted molar refractivity (Wildman–Crippen MR) is 70.0 cm³/mol. The van der Waals surface area contributed by atoms with Crippen molar-refractivity contribution in [3.05, 3.63) is 47.5 Å². The quantitative estimate of drug-likeness (QED) is 0.751. The van der Waals surface area contributed by atoms with Gasteiger partial charge in [-0.1, -0.05) is 37.3 Å². The minimum Gasteiger partial charge on any atom is -0.479 e. The van der Waals surface area contributed by atoms with Crippen molar-refractivity contribution in [2.75, 3.05) is 0 Å². The molecule has 0 saturated heterocycles. The summed E-state index contributed by atoms with van der Waals surface area (Å²) in [6.07, 6.45) is 0.612. The predicted octanol–water partition coefficient (Wildman–Crippen LogP) is 0.923. The third kappa shape index (κ3) is 3.00. The lowest BCUT2D eigenvalue weighted by Crippen LogP contribution is -2.34. The third-order valence-corrected chi connectivity index (χ3v) is 2.72. The average Bonchev–Trinajstić information content (AvgIpc) is 2.94. The molecule has 7 nitrogen and oxygen atoms in total. The molecule has 1 aromatic heterocycles. The number of hydrogen-bond donors (Lipinski definition) is 3. The number of benzene rings is 1. The van der Waals surface area contributed by atoms with Gasteiger partial charge >= 0.3 is 5.97 Å². The lowest BCUT2D eigenvalue weighted by atomic mass is 10.1. The second kappa shape index (κ2) is 5.96. The molecular weight excluding hydrogens is 260 g/mol. The maximum absolute atomic E-state index is 11.9. The highest BCUT2D eigenvalue weighted by Crippen LogP contribution is 2.13. The first kappa shape index (κ1) is 13.7. The number of aromatic nitrogens is 3. The van der Waals surface area contributed by atoms with E-state index in [9.17, 15) is 14.7 Å². The van der Waals surface area contributed by atoms with E-state index in [2.05, 4.69) is 20.5 Å². The van der Waals surface area contributed by atoms with Gasteiger partial charge in [-0.2, -0.15) is 0 Å². The SMILES string of the molecule is CCc1nc(C(=O)N[C@@H](C(=O)O)c2ccccc2)n[nH]1. The number of hydrogen-bond acceptors (Lipinski definition) is 4. The number of carboxylic acid groups (broad SMARTS) is 1. The Morgan fingerprint density at radius 2 is 2.05 bits per heavy atom. The van der Waals surface area contributed by atoms with E-state index < -0.39 is 17.9 Å². The van der Waals surface area contributed by atoms with Gasteiger partial charge in [-0.15, -0.1) is 5.10 Å². The molecule has 1 amide bonds. The summed E-state index contributed by atoms with van der Waals surface area (Å²) in [6, 6.07) is 7.32. The summed E-state index contributed by atoms with van der Waals surface area (Å²) in [6.45, 7) is 1.87. The number of aryl methyl sites for hydroxylation is 1. The summed E-state index contributed by atoms with van der Waals surface area (Å²) in [5.41, 5.74) is 0.486. The highest BCUT2D eigenvalue weighted by atomic mass is 16.4. The minimum atomic E-state index is -1.14. The van der Waals surface area contributed by atoms with Crippen molar-refractivity contribution in [3.8, 4) is 0 Å². The molecule has 1 heterocycles. The van der Waals surface area contributed by atoms with Crippen LogP contribution in [-0.2, 0) is 11.2 Å². The van der Waals surface area contributed by atoms with E-state index in [0.717, 1.165) is 0 Å². The average molecular weight is 274 g/mol. The smallest absolute Gasteiger partial charge is 0.330 e. The molecule has 0 unspecified atom stereocenters. The van der Waals surface area contributed by atoms with Crippen LogP contribution in [0.25, 0.3) is 0 Å². The molecule has 3 N–H and O–H groups in total. The van der Waals surface area contributed by atoms with Gasteiger partial charge in [0.1, 0.15) is 5.82 Å². The van der Waals surface area contributed by atoms with Gasteiger partial charge in [-0.3, -0.25) is 9.89 Å². The maximum Gasteiger partial charge on any atom is 0.330 e. The first-order valence-corrected chi connectivity index (χ1v) is 6.11. The molecule has 0 saturated carbocycles. The Morgan fingerprint density at radius 3 is 2.60 bits per heavy atom. The van der Waals surface area contributed by atoms with Gasteiger partial charge in [0, 0.05) is 6.42 Å². The maximum atomic E-state index is 11.9. The summed E-state index contributed by atoms with van der Waals surface area (Å²) in [5, 5.41) is 18.0. The molecule has 1 aromatic carbocycles. The molecular formula is C13H14N4O3. The molecule has 104 valence electrons. The molecule has 20 heavy (non-hydrogen) atoms. The Labute approximate surface area is 115 Å². The van der Waals surface area contributed by atoms with Crippen LogP contribution in [0.1, 0.15) is 35.0 Å². The number of aliphatic carboxylic acids is 1. The van der Waals surface area contributed by atoms with Crippen molar-refractivity contribution in [1.29, 1.82) is 0 Å². The van der Waals surface area contributed by atoms with Gasteiger partial charge in [0.2, 0.25) is 5.82 Å². The lowest BCUT2D eigenvalue weighted by molar-refractivity contribution is -0.139. The monoisotopic (exact) mass is 274 g/mol. The van der Waals surface area contributed by atoms with Crippen LogP contribution in [0.3, 0.4) is 0 Å². The van der Waals surface area contributed by atoms with Crippen LogP contribution >= 0.6 is 0 Å². The summed E-state index contributed by atoms with van der Waals surface area (Å²) in [4.78, 5) is 27.2. The molecule has 7 heteroatoms. The molecule has 2 aromatic rings. The van der Waals surface area contributed by atoms with Crippen molar-refractivity contribution in [1.82, 2.24) is 20.5 Å². The van der Waals surface area contributed by atoms with Crippen molar-refractivity contribution in [2.45, 2.75) is 19.4 Å². The summed E-state index contributed by atoms with van der Waals surface area (Å²) < 4.78 is 0. The number of nitrogens with one attached hydrogen (secondary N) is 2. The number of H-pyrrole nitrogens is 1. The van der Waals surface area contributed by atoms with Crippen LogP contribution in [0.15, 0.2) is 30.3 Å². The number of carbonyl (C=O) groups excluding carboxylic acids is 1. The highest BCUT2D eigenvalue weighted by molar-refractivity contribution is 5.93. The van der Waals surface area contributed by atoms with Crippen LogP contribution in [-0.4, -0.2) is 32.2 Å². The lowest BCUT2D eigenvalue weighted by Gasteiger charge is -2.13. The Hall–Kier alpha value is -2.70. The van der Waals surface area contributed by atoms with Crippen LogP contribution in [0.2, 0.25) is 0 Å². The van der Waals surface area contributed by atoms with Crippen LogP contribution in [0.4, 0.5) is 0 Å². The molecule has 0 bridgehead atoms. The molecule has 0 spiro atoms. The van der Waals surface area contributed by atoms with E-state index in [4.69, 9.17) is 0 Å². The first-order chi connectivity index (χ1) is 9.61. The van der Waals surface area contributed by atoms with Gasteiger partial charge in [0.05, 0.1) is 0 Å². The first-order valence-electron chi connectivity index (χ1n) is 6.11. The Balaban J connectivity index is 2.16. The van der Waals surface area contributed by atoms with Gasteiger partial charge < -0.3 is 10.4 Å². The summed E-state index contributed by atoms with van der Waals surface area (Å²) in [5.74, 6) is -1.27. The van der Waals surface area contributed by atoms with Gasteiger partial charge in [-0.25, -0.2) is 9.78 Å². The van der Waals surface area contributed by atoms with Gasteiger partial charge in [0.25, 0.3) is 5.91 Å². The van der Waals surface area contributed by atoms with E-state index in [1.54, 1.807) is 30.3 Å². The zero-order valence-corrected chi connectivity index (χ0v) is 10.8. The third-order valence-electron chi connectivity index (χ3n) is 2.72. The standard InChI is InChI=1S/C13H14N4O3/c1-2-9-14-11(17-16-9)12(18)15-10(13(19)20)8-6-4-3-5-7-8/h3-7,10H,2H2,1H3,(H,15,18)(H,19,20)(H,14,16,17)/t10-/m1/s1. The van der Waals surface area contributed by atoms with E-state index in [-0.39, 0.29) is 5.82 Å². The number of amides is 1. The summed E-state index contributed by atoms with van der Waals surface area (Å²) in [7, 11) is 0. The molecule has 0 fully saturated rings. The molecule has 0 aliphatic rings. The second-order valence-electron chi connectivity index (χ2n) is 4.11. The largest absolute Gasteiger partial charge is 0.479 e. The Kier molecular flexibility index (Phi) is 4.09. The second-order valence-corrected chi connectivity index (χ2v) is 4.11. The highest BCUT2D eigenvalue weighted by Gasteiger charge is 2.24. The topological polar surface area (TPSA) is 108 Å². The van der Waals surface area contributed by atoms with Crippen molar-refractivity contribution in [3.63, 3.8) is 0 Å². The molecule has 2 rings (SSSR count). The number of rotatable bonds is 5. The number of nitrogens with zero attached hydrogens (tertiary/aromatic N) is 2. The van der Waals surface area contributed by atoms with E-state index in [1.165, 1.54) is 0 Å². The molecule has 1 atom stereocenters. The van der Waals surface area contributed by atoms with Crippen molar-refractivity contribution >= 4 is 11.9 Å². The Morgan fingerprint density at radius 1 is 1.35 bits per heavy atom. The number of carbonyl (C=O) groups is 2. The van der Waals surface area contributed by atoms with E-state index >= 15 is 0 Å². The minimum absolute atomic E-state index is 0.0657. The normalized spacial score (nSPS) is 11.8. The zero-order valence-electron chi connectivity index (χ0n) is 10.8. The van der Waals surface area contributed by atoms with Gasteiger partial charge in [0.15, 0.2) is 6.04 Å².